The zero-order valence-electron chi connectivity index (χ0n) is 16.9. The summed E-state index contributed by atoms with van der Waals surface area (Å²) in [6, 6.07) is 17.0. The number of benzene rings is 2. The van der Waals surface area contributed by atoms with Crippen LogP contribution in [0, 0.1) is 0 Å². The van der Waals surface area contributed by atoms with Crippen LogP contribution in [0.3, 0.4) is 0 Å². The number of amides is 1. The van der Waals surface area contributed by atoms with E-state index in [0.29, 0.717) is 55.1 Å². The quantitative estimate of drug-likeness (QED) is 0.583. The monoisotopic (exact) mass is 441 g/mol. The van der Waals surface area contributed by atoms with Crippen molar-refractivity contribution < 1.29 is 17.6 Å². The normalized spacial score (nSPS) is 15.7. The van der Waals surface area contributed by atoms with Crippen LogP contribution < -0.4 is 10.9 Å². The van der Waals surface area contributed by atoms with Gasteiger partial charge in [0.1, 0.15) is 11.1 Å². The molecule has 0 radical (unpaired) electrons. The van der Waals surface area contributed by atoms with Crippen LogP contribution in [0.25, 0.3) is 11.0 Å². The van der Waals surface area contributed by atoms with E-state index in [1.807, 2.05) is 6.07 Å². The Balaban J connectivity index is 1.29. The first kappa shape index (κ1) is 21.2. The third-order valence-electron chi connectivity index (χ3n) is 5.31. The van der Waals surface area contributed by atoms with Gasteiger partial charge in [0.25, 0.3) is 5.91 Å². The average molecular weight is 442 g/mol. The molecule has 0 saturated carbocycles. The van der Waals surface area contributed by atoms with Gasteiger partial charge in [0, 0.05) is 44.7 Å². The van der Waals surface area contributed by atoms with Gasteiger partial charge >= 0.3 is 5.63 Å². The van der Waals surface area contributed by atoms with Gasteiger partial charge < -0.3 is 9.73 Å². The third-order valence-corrected chi connectivity index (χ3v) is 7.22. The Hall–Kier alpha value is -3.01. The van der Waals surface area contributed by atoms with Gasteiger partial charge in [-0.25, -0.2) is 13.2 Å². The van der Waals surface area contributed by atoms with Gasteiger partial charge in [-0.2, -0.15) is 4.31 Å². The Bertz CT molecular complexity index is 1230. The molecule has 2 heterocycles. The van der Waals surface area contributed by atoms with Gasteiger partial charge in [-0.05, 0) is 24.3 Å². The number of sulfonamides is 1. The van der Waals surface area contributed by atoms with Crippen LogP contribution in [0.1, 0.15) is 10.4 Å². The molecule has 0 atom stereocenters. The van der Waals surface area contributed by atoms with Crippen molar-refractivity contribution in [3.05, 3.63) is 76.6 Å². The van der Waals surface area contributed by atoms with E-state index in [0.717, 1.165) is 0 Å². The zero-order chi connectivity index (χ0) is 21.8. The summed E-state index contributed by atoms with van der Waals surface area (Å²) < 4.78 is 32.1. The summed E-state index contributed by atoms with van der Waals surface area (Å²) in [5.74, 6) is -0.482. The minimum Gasteiger partial charge on any atom is -0.422 e. The maximum atomic E-state index is 12.7. The number of hydrogen-bond donors (Lipinski definition) is 1. The Morgan fingerprint density at radius 1 is 0.968 bits per heavy atom. The largest absolute Gasteiger partial charge is 0.422 e. The van der Waals surface area contributed by atoms with E-state index in [1.54, 1.807) is 48.5 Å². The highest BCUT2D eigenvalue weighted by Gasteiger charge is 2.28. The van der Waals surface area contributed by atoms with Crippen molar-refractivity contribution in [2.45, 2.75) is 4.90 Å². The molecule has 0 spiro atoms. The molecule has 8 nitrogen and oxygen atoms in total. The van der Waals surface area contributed by atoms with Crippen LogP contribution in [0.4, 0.5) is 0 Å². The van der Waals surface area contributed by atoms with Crippen molar-refractivity contribution in [3.63, 3.8) is 0 Å². The highest BCUT2D eigenvalue weighted by Crippen LogP contribution is 2.17. The first-order chi connectivity index (χ1) is 14.9. The second-order valence-electron chi connectivity index (χ2n) is 7.30. The van der Waals surface area contributed by atoms with Crippen molar-refractivity contribution in [2.75, 3.05) is 39.3 Å². The lowest BCUT2D eigenvalue weighted by molar-refractivity contribution is 0.0941. The van der Waals surface area contributed by atoms with E-state index in [2.05, 4.69) is 10.2 Å². The van der Waals surface area contributed by atoms with Crippen molar-refractivity contribution in [1.82, 2.24) is 14.5 Å². The van der Waals surface area contributed by atoms with E-state index >= 15 is 0 Å². The number of fused-ring (bicyclic) bond motifs is 1. The molecular weight excluding hydrogens is 418 g/mol. The highest BCUT2D eigenvalue weighted by molar-refractivity contribution is 7.89. The van der Waals surface area contributed by atoms with Crippen LogP contribution in [0.15, 0.2) is 74.8 Å². The fraction of sp³-hybridized carbons (Fsp3) is 0.273. The predicted molar refractivity (Wildman–Crippen MR) is 116 cm³/mol. The summed E-state index contributed by atoms with van der Waals surface area (Å²) in [6.45, 7) is 2.82. The van der Waals surface area contributed by atoms with Gasteiger partial charge in [-0.3, -0.25) is 9.69 Å². The number of carbonyl (C=O) groups is 1. The summed E-state index contributed by atoms with van der Waals surface area (Å²) in [5.41, 5.74) is -0.263. The van der Waals surface area contributed by atoms with E-state index in [9.17, 15) is 18.0 Å². The summed E-state index contributed by atoms with van der Waals surface area (Å²) in [5, 5.41) is 3.43. The summed E-state index contributed by atoms with van der Waals surface area (Å²) in [6.07, 6.45) is 0. The Labute approximate surface area is 180 Å². The topological polar surface area (TPSA) is 99.9 Å². The standard InChI is InChI=1S/C22H23N3O5S/c26-21(19-16-17-6-4-5-9-20(17)30-22(19)27)23-10-11-24-12-14-25(15-13-24)31(28,29)18-7-2-1-3-8-18/h1-9,16H,10-15H2,(H,23,26). The molecule has 0 bridgehead atoms. The minimum absolute atomic E-state index is 0.0301. The molecule has 1 saturated heterocycles. The second-order valence-corrected chi connectivity index (χ2v) is 9.24. The molecule has 1 amide bonds. The molecule has 2 aromatic carbocycles. The fourth-order valence-corrected chi connectivity index (χ4v) is 5.02. The minimum atomic E-state index is -3.49. The van der Waals surface area contributed by atoms with Crippen molar-refractivity contribution in [1.29, 1.82) is 0 Å². The molecular formula is C22H23N3O5S. The molecule has 1 aliphatic heterocycles. The molecule has 9 heteroatoms. The summed E-state index contributed by atoms with van der Waals surface area (Å²) in [4.78, 5) is 26.9. The molecule has 31 heavy (non-hydrogen) atoms. The molecule has 1 aromatic heterocycles. The van der Waals surface area contributed by atoms with Crippen LogP contribution in [0.5, 0.6) is 0 Å². The van der Waals surface area contributed by atoms with Gasteiger partial charge in [0.2, 0.25) is 10.0 Å². The SMILES string of the molecule is O=C(NCCN1CCN(S(=O)(=O)c2ccccc2)CC1)c1cc2ccccc2oc1=O. The maximum absolute atomic E-state index is 12.7. The van der Waals surface area contributed by atoms with E-state index in [1.165, 1.54) is 10.4 Å². The number of hydrogen-bond acceptors (Lipinski definition) is 6. The lowest BCUT2D eigenvalue weighted by Crippen LogP contribution is -2.50. The molecule has 4 rings (SSSR count). The van der Waals surface area contributed by atoms with Gasteiger partial charge in [0.05, 0.1) is 4.90 Å². The van der Waals surface area contributed by atoms with Crippen LogP contribution in [-0.4, -0.2) is 62.8 Å². The van der Waals surface area contributed by atoms with Crippen LogP contribution in [0.2, 0.25) is 0 Å². The maximum Gasteiger partial charge on any atom is 0.349 e. The first-order valence-corrected chi connectivity index (χ1v) is 11.5. The lowest BCUT2D eigenvalue weighted by atomic mass is 10.2. The number of piperazine rings is 1. The average Bonchev–Trinajstić information content (AvgIpc) is 2.79. The van der Waals surface area contributed by atoms with Crippen molar-refractivity contribution in [2.24, 2.45) is 0 Å². The number of para-hydroxylation sites is 1. The number of nitrogens with one attached hydrogen (secondary N) is 1. The molecule has 162 valence electrons. The molecule has 1 aliphatic rings. The Morgan fingerprint density at radius 2 is 1.65 bits per heavy atom. The van der Waals surface area contributed by atoms with Crippen molar-refractivity contribution >= 4 is 26.9 Å². The first-order valence-electron chi connectivity index (χ1n) is 10.0. The number of carbonyl (C=O) groups excluding carboxylic acids is 1. The molecule has 0 aliphatic carbocycles. The lowest BCUT2D eigenvalue weighted by Gasteiger charge is -2.33. The number of nitrogens with zero attached hydrogens (tertiary/aromatic N) is 2. The Kier molecular flexibility index (Phi) is 6.17. The predicted octanol–water partition coefficient (Wildman–Crippen LogP) is 1.53. The van der Waals surface area contributed by atoms with Crippen LogP contribution in [-0.2, 0) is 10.0 Å². The van der Waals surface area contributed by atoms with Gasteiger partial charge in [-0.15, -0.1) is 0 Å². The fourth-order valence-electron chi connectivity index (χ4n) is 3.58. The van der Waals surface area contributed by atoms with Crippen LogP contribution >= 0.6 is 0 Å². The Morgan fingerprint density at radius 3 is 2.39 bits per heavy atom. The summed E-state index contributed by atoms with van der Waals surface area (Å²) in [7, 11) is -3.49. The third kappa shape index (κ3) is 4.68. The molecule has 1 fully saturated rings. The van der Waals surface area contributed by atoms with Gasteiger partial charge in [0.15, 0.2) is 0 Å². The van der Waals surface area contributed by atoms with E-state index < -0.39 is 21.6 Å². The second kappa shape index (κ2) is 9.01. The molecule has 0 unspecified atom stereocenters. The molecule has 1 N–H and O–H groups in total. The highest BCUT2D eigenvalue weighted by atomic mass is 32.2. The number of rotatable bonds is 6. The van der Waals surface area contributed by atoms with E-state index in [-0.39, 0.29) is 5.56 Å². The molecule has 3 aromatic rings. The van der Waals surface area contributed by atoms with E-state index in [4.69, 9.17) is 4.42 Å². The zero-order valence-corrected chi connectivity index (χ0v) is 17.7. The van der Waals surface area contributed by atoms with Crippen molar-refractivity contribution in [3.8, 4) is 0 Å². The smallest absolute Gasteiger partial charge is 0.349 e. The van der Waals surface area contributed by atoms with Gasteiger partial charge in [-0.1, -0.05) is 36.4 Å². The summed E-state index contributed by atoms with van der Waals surface area (Å²) >= 11 is 0.